The molecular formula is C19H25NO2. The van der Waals surface area contributed by atoms with Gasteiger partial charge >= 0.3 is 0 Å². The molecule has 1 N–H and O–H groups in total. The zero-order valence-corrected chi connectivity index (χ0v) is 13.7. The fourth-order valence-electron chi connectivity index (χ4n) is 2.27. The Labute approximate surface area is 133 Å². The highest BCUT2D eigenvalue weighted by Crippen LogP contribution is 2.28. The average molecular weight is 299 g/mol. The van der Waals surface area contributed by atoms with E-state index in [-0.39, 0.29) is 0 Å². The number of ether oxygens (including phenoxy) is 2. The fraction of sp³-hybridized carbons (Fsp3) is 0.368. The van der Waals surface area contributed by atoms with Crippen molar-refractivity contribution in [1.82, 2.24) is 0 Å². The molecule has 22 heavy (non-hydrogen) atoms. The summed E-state index contributed by atoms with van der Waals surface area (Å²) in [5, 5.41) is 3.44. The van der Waals surface area contributed by atoms with Crippen LogP contribution in [0.4, 0.5) is 5.69 Å². The molecule has 0 spiro atoms. The Hall–Kier alpha value is -2.16. The predicted octanol–water partition coefficient (Wildman–Crippen LogP) is 4.66. The van der Waals surface area contributed by atoms with E-state index in [4.69, 9.17) is 9.47 Å². The van der Waals surface area contributed by atoms with Crippen molar-refractivity contribution in [2.75, 3.05) is 18.5 Å². The van der Waals surface area contributed by atoms with Crippen LogP contribution in [0.15, 0.2) is 42.5 Å². The predicted molar refractivity (Wildman–Crippen MR) is 91.9 cm³/mol. The maximum atomic E-state index is 5.66. The summed E-state index contributed by atoms with van der Waals surface area (Å²) in [5.41, 5.74) is 3.65. The third-order valence-corrected chi connectivity index (χ3v) is 3.47. The van der Waals surface area contributed by atoms with Gasteiger partial charge in [-0.25, -0.2) is 0 Å². The van der Waals surface area contributed by atoms with E-state index in [0.717, 1.165) is 30.2 Å². The lowest BCUT2D eigenvalue weighted by Gasteiger charge is -2.13. The molecule has 0 amide bonds. The van der Waals surface area contributed by atoms with E-state index in [0.29, 0.717) is 13.2 Å². The van der Waals surface area contributed by atoms with Crippen molar-refractivity contribution >= 4 is 5.69 Å². The van der Waals surface area contributed by atoms with Gasteiger partial charge in [0.25, 0.3) is 0 Å². The molecule has 118 valence electrons. The van der Waals surface area contributed by atoms with E-state index in [9.17, 15) is 0 Å². The van der Waals surface area contributed by atoms with E-state index in [1.165, 1.54) is 11.1 Å². The van der Waals surface area contributed by atoms with Crippen molar-refractivity contribution in [3.05, 3.63) is 53.6 Å². The molecule has 3 nitrogen and oxygen atoms in total. The van der Waals surface area contributed by atoms with Crippen LogP contribution in [0.25, 0.3) is 0 Å². The molecule has 0 aromatic heterocycles. The summed E-state index contributed by atoms with van der Waals surface area (Å²) in [6.45, 7) is 8.16. The van der Waals surface area contributed by atoms with Crippen molar-refractivity contribution < 1.29 is 9.47 Å². The van der Waals surface area contributed by atoms with Gasteiger partial charge in [0.2, 0.25) is 0 Å². The van der Waals surface area contributed by atoms with Crippen LogP contribution in [0, 0.1) is 0 Å². The summed E-state index contributed by atoms with van der Waals surface area (Å²) in [4.78, 5) is 0. The Morgan fingerprint density at radius 1 is 0.773 bits per heavy atom. The summed E-state index contributed by atoms with van der Waals surface area (Å²) < 4.78 is 11.2. The molecule has 2 rings (SSSR count). The molecule has 0 radical (unpaired) electrons. The molecular weight excluding hydrogens is 274 g/mol. The SMILES string of the molecule is CCOc1ccc(CNc2ccc(CC)cc2)cc1OCC. The molecule has 2 aromatic rings. The Bertz CT molecular complexity index is 578. The largest absolute Gasteiger partial charge is 0.490 e. The molecule has 2 aromatic carbocycles. The van der Waals surface area contributed by atoms with E-state index >= 15 is 0 Å². The second-order valence-corrected chi connectivity index (χ2v) is 5.05. The number of aryl methyl sites for hydroxylation is 1. The number of anilines is 1. The first-order valence-electron chi connectivity index (χ1n) is 7.98. The van der Waals surface area contributed by atoms with Crippen LogP contribution < -0.4 is 14.8 Å². The third-order valence-electron chi connectivity index (χ3n) is 3.47. The number of benzene rings is 2. The summed E-state index contributed by atoms with van der Waals surface area (Å²) in [6, 6.07) is 14.7. The van der Waals surface area contributed by atoms with Crippen LogP contribution in [0.5, 0.6) is 11.5 Å². The lowest BCUT2D eigenvalue weighted by atomic mass is 10.1. The third kappa shape index (κ3) is 4.42. The van der Waals surface area contributed by atoms with Gasteiger partial charge in [0.1, 0.15) is 0 Å². The molecule has 0 saturated heterocycles. The minimum Gasteiger partial charge on any atom is -0.490 e. The maximum absolute atomic E-state index is 5.66. The van der Waals surface area contributed by atoms with Crippen LogP contribution in [0.1, 0.15) is 31.9 Å². The molecule has 0 heterocycles. The minimum absolute atomic E-state index is 0.634. The van der Waals surface area contributed by atoms with E-state index < -0.39 is 0 Å². The average Bonchev–Trinajstić information content (AvgIpc) is 2.56. The molecule has 0 bridgehead atoms. The van der Waals surface area contributed by atoms with Crippen molar-refractivity contribution in [1.29, 1.82) is 0 Å². The van der Waals surface area contributed by atoms with E-state index in [2.05, 4.69) is 42.6 Å². The molecule has 0 unspecified atom stereocenters. The molecule has 0 atom stereocenters. The molecule has 0 aliphatic rings. The van der Waals surface area contributed by atoms with Crippen molar-refractivity contribution in [3.63, 3.8) is 0 Å². The summed E-state index contributed by atoms with van der Waals surface area (Å²) >= 11 is 0. The monoisotopic (exact) mass is 299 g/mol. The summed E-state index contributed by atoms with van der Waals surface area (Å²) in [6.07, 6.45) is 1.07. The van der Waals surface area contributed by atoms with E-state index in [1.54, 1.807) is 0 Å². The molecule has 0 saturated carbocycles. The standard InChI is InChI=1S/C19H25NO2/c1-4-15-7-10-17(11-8-15)20-14-16-9-12-18(21-5-2)19(13-16)22-6-3/h7-13,20H,4-6,14H2,1-3H3. The quantitative estimate of drug-likeness (QED) is 0.769. The smallest absolute Gasteiger partial charge is 0.161 e. The first-order chi connectivity index (χ1) is 10.8. The Balaban J connectivity index is 2.03. The van der Waals surface area contributed by atoms with E-state index in [1.807, 2.05) is 26.0 Å². The zero-order valence-electron chi connectivity index (χ0n) is 13.7. The van der Waals surface area contributed by atoms with Gasteiger partial charge in [-0.15, -0.1) is 0 Å². The number of hydrogen-bond donors (Lipinski definition) is 1. The number of hydrogen-bond acceptors (Lipinski definition) is 3. The Kier molecular flexibility index (Phi) is 6.13. The summed E-state index contributed by atoms with van der Waals surface area (Å²) in [7, 11) is 0. The molecule has 0 fully saturated rings. The summed E-state index contributed by atoms with van der Waals surface area (Å²) in [5.74, 6) is 1.62. The van der Waals surface area contributed by atoms with Gasteiger partial charge in [-0.1, -0.05) is 25.1 Å². The first-order valence-corrected chi connectivity index (χ1v) is 7.98. The van der Waals surface area contributed by atoms with Crippen LogP contribution in [0.3, 0.4) is 0 Å². The van der Waals surface area contributed by atoms with Crippen LogP contribution in [-0.2, 0) is 13.0 Å². The molecule has 3 heteroatoms. The second-order valence-electron chi connectivity index (χ2n) is 5.05. The lowest BCUT2D eigenvalue weighted by molar-refractivity contribution is 0.287. The fourth-order valence-corrected chi connectivity index (χ4v) is 2.27. The molecule has 0 aliphatic heterocycles. The van der Waals surface area contributed by atoms with Gasteiger partial charge in [0.05, 0.1) is 13.2 Å². The highest BCUT2D eigenvalue weighted by atomic mass is 16.5. The van der Waals surface area contributed by atoms with Gasteiger partial charge in [0, 0.05) is 12.2 Å². The van der Waals surface area contributed by atoms with Gasteiger partial charge < -0.3 is 14.8 Å². The van der Waals surface area contributed by atoms with Gasteiger partial charge in [0.15, 0.2) is 11.5 Å². The van der Waals surface area contributed by atoms with Crippen LogP contribution in [0.2, 0.25) is 0 Å². The highest BCUT2D eigenvalue weighted by Gasteiger charge is 2.06. The molecule has 0 aliphatic carbocycles. The number of rotatable bonds is 8. The van der Waals surface area contributed by atoms with Crippen molar-refractivity contribution in [2.24, 2.45) is 0 Å². The minimum atomic E-state index is 0.634. The Morgan fingerprint density at radius 2 is 1.41 bits per heavy atom. The van der Waals surface area contributed by atoms with Gasteiger partial charge in [-0.3, -0.25) is 0 Å². The van der Waals surface area contributed by atoms with Crippen molar-refractivity contribution in [3.8, 4) is 11.5 Å². The Morgan fingerprint density at radius 3 is 2.05 bits per heavy atom. The highest BCUT2D eigenvalue weighted by molar-refractivity contribution is 5.47. The topological polar surface area (TPSA) is 30.5 Å². The van der Waals surface area contributed by atoms with Gasteiger partial charge in [-0.05, 0) is 55.7 Å². The first kappa shape index (κ1) is 16.2. The van der Waals surface area contributed by atoms with Crippen LogP contribution >= 0.6 is 0 Å². The number of nitrogens with one attached hydrogen (secondary N) is 1. The second kappa shape index (κ2) is 8.32. The normalized spacial score (nSPS) is 10.3. The van der Waals surface area contributed by atoms with Crippen LogP contribution in [-0.4, -0.2) is 13.2 Å². The lowest BCUT2D eigenvalue weighted by Crippen LogP contribution is -2.02. The zero-order chi connectivity index (χ0) is 15.8. The maximum Gasteiger partial charge on any atom is 0.161 e. The van der Waals surface area contributed by atoms with Crippen molar-refractivity contribution in [2.45, 2.75) is 33.7 Å². The van der Waals surface area contributed by atoms with Gasteiger partial charge in [-0.2, -0.15) is 0 Å².